The molecule has 1 aliphatic heterocycles. The van der Waals surface area contributed by atoms with Crippen molar-refractivity contribution in [3.63, 3.8) is 0 Å². The van der Waals surface area contributed by atoms with Crippen LogP contribution in [0.5, 0.6) is 0 Å². The molecule has 0 atom stereocenters. The first-order valence-corrected chi connectivity index (χ1v) is 4.87. The number of aliphatic carboxylic acids is 1. The van der Waals surface area contributed by atoms with Crippen molar-refractivity contribution >= 4 is 12.1 Å². The van der Waals surface area contributed by atoms with E-state index >= 15 is 0 Å². The number of piperidine rings is 1. The standard InChI is InChI=1S/C9H15NO5/c1-2-15-9(7(11)12)3-5-10(6-4-9)8(13)14/h2-6H2,1H3,(H,11,12)(H,13,14). The molecule has 1 aliphatic rings. The molecule has 0 bridgehead atoms. The van der Waals surface area contributed by atoms with E-state index in [2.05, 4.69) is 0 Å². The van der Waals surface area contributed by atoms with Gasteiger partial charge in [-0.2, -0.15) is 0 Å². The van der Waals surface area contributed by atoms with Crippen LogP contribution in [0.3, 0.4) is 0 Å². The molecule has 1 rings (SSSR count). The molecule has 15 heavy (non-hydrogen) atoms. The molecule has 0 aromatic rings. The van der Waals surface area contributed by atoms with Crippen LogP contribution in [0.25, 0.3) is 0 Å². The van der Waals surface area contributed by atoms with Gasteiger partial charge in [-0.15, -0.1) is 0 Å². The fourth-order valence-electron chi connectivity index (χ4n) is 1.76. The van der Waals surface area contributed by atoms with Crippen molar-refractivity contribution in [1.82, 2.24) is 4.90 Å². The van der Waals surface area contributed by atoms with Crippen LogP contribution in [0.15, 0.2) is 0 Å². The van der Waals surface area contributed by atoms with Crippen LogP contribution in [0.4, 0.5) is 4.79 Å². The molecule has 2 N–H and O–H groups in total. The Morgan fingerprint density at radius 1 is 1.33 bits per heavy atom. The first kappa shape index (κ1) is 11.8. The summed E-state index contributed by atoms with van der Waals surface area (Å²) in [4.78, 5) is 22.9. The summed E-state index contributed by atoms with van der Waals surface area (Å²) in [5.74, 6) is -1.01. The normalized spacial score (nSPS) is 19.9. The highest BCUT2D eigenvalue weighted by Gasteiger charge is 2.43. The van der Waals surface area contributed by atoms with Gasteiger partial charge in [0.1, 0.15) is 0 Å². The lowest BCUT2D eigenvalue weighted by Gasteiger charge is -2.37. The topological polar surface area (TPSA) is 87.1 Å². The first-order valence-electron chi connectivity index (χ1n) is 4.87. The molecule has 1 heterocycles. The van der Waals surface area contributed by atoms with Crippen LogP contribution in [0.2, 0.25) is 0 Å². The average molecular weight is 217 g/mol. The van der Waals surface area contributed by atoms with Crippen LogP contribution in [-0.4, -0.2) is 52.5 Å². The number of hydrogen-bond acceptors (Lipinski definition) is 3. The maximum atomic E-state index is 11.1. The van der Waals surface area contributed by atoms with E-state index in [9.17, 15) is 9.59 Å². The largest absolute Gasteiger partial charge is 0.479 e. The van der Waals surface area contributed by atoms with Gasteiger partial charge < -0.3 is 19.8 Å². The summed E-state index contributed by atoms with van der Waals surface area (Å²) in [7, 11) is 0. The van der Waals surface area contributed by atoms with E-state index in [1.807, 2.05) is 0 Å². The molecule has 6 nitrogen and oxygen atoms in total. The quantitative estimate of drug-likeness (QED) is 0.723. The van der Waals surface area contributed by atoms with Gasteiger partial charge in [0.25, 0.3) is 0 Å². The van der Waals surface area contributed by atoms with Gasteiger partial charge in [0.05, 0.1) is 0 Å². The fourth-order valence-corrected chi connectivity index (χ4v) is 1.76. The molecule has 86 valence electrons. The minimum Gasteiger partial charge on any atom is -0.479 e. The highest BCUT2D eigenvalue weighted by atomic mass is 16.5. The Bertz CT molecular complexity index is 257. The average Bonchev–Trinajstić information content (AvgIpc) is 2.18. The molecule has 0 unspecified atom stereocenters. The van der Waals surface area contributed by atoms with E-state index in [1.165, 1.54) is 4.90 Å². The molecular formula is C9H15NO5. The smallest absolute Gasteiger partial charge is 0.407 e. The maximum absolute atomic E-state index is 11.1. The van der Waals surface area contributed by atoms with E-state index in [1.54, 1.807) is 6.92 Å². The number of hydrogen-bond donors (Lipinski definition) is 2. The lowest BCUT2D eigenvalue weighted by atomic mass is 9.91. The number of carboxylic acid groups (broad SMARTS) is 2. The van der Waals surface area contributed by atoms with Gasteiger partial charge in [0.2, 0.25) is 0 Å². The second-order valence-electron chi connectivity index (χ2n) is 3.50. The Hall–Kier alpha value is -1.30. The Kier molecular flexibility index (Phi) is 3.52. The first-order chi connectivity index (χ1) is 7.02. The Labute approximate surface area is 87.4 Å². The molecule has 0 aromatic heterocycles. The van der Waals surface area contributed by atoms with E-state index in [-0.39, 0.29) is 25.9 Å². The Morgan fingerprint density at radius 3 is 2.20 bits per heavy atom. The fraction of sp³-hybridized carbons (Fsp3) is 0.778. The minimum atomic E-state index is -1.19. The summed E-state index contributed by atoms with van der Waals surface area (Å²) in [5, 5.41) is 17.8. The van der Waals surface area contributed by atoms with Crippen molar-refractivity contribution in [2.75, 3.05) is 19.7 Å². The van der Waals surface area contributed by atoms with Gasteiger partial charge in [0.15, 0.2) is 5.60 Å². The van der Waals surface area contributed by atoms with Crippen LogP contribution in [-0.2, 0) is 9.53 Å². The summed E-state index contributed by atoms with van der Waals surface area (Å²) >= 11 is 0. The molecule has 1 saturated heterocycles. The summed E-state index contributed by atoms with van der Waals surface area (Å²) in [6.45, 7) is 2.47. The van der Waals surface area contributed by atoms with Gasteiger partial charge in [-0.25, -0.2) is 9.59 Å². The van der Waals surface area contributed by atoms with Crippen LogP contribution < -0.4 is 0 Å². The monoisotopic (exact) mass is 217 g/mol. The highest BCUT2D eigenvalue weighted by Crippen LogP contribution is 2.26. The third-order valence-corrected chi connectivity index (χ3v) is 2.65. The summed E-state index contributed by atoms with van der Waals surface area (Å²) < 4.78 is 5.24. The van der Waals surface area contributed by atoms with Gasteiger partial charge >= 0.3 is 12.1 Å². The molecule has 0 saturated carbocycles. The lowest BCUT2D eigenvalue weighted by molar-refractivity contribution is -0.171. The number of carbonyl (C=O) groups is 2. The van der Waals surface area contributed by atoms with Gasteiger partial charge in [-0.05, 0) is 6.92 Å². The zero-order chi connectivity index (χ0) is 11.5. The van der Waals surface area contributed by atoms with Crippen LogP contribution in [0, 0.1) is 0 Å². The third kappa shape index (κ3) is 2.38. The number of likely N-dealkylation sites (tertiary alicyclic amines) is 1. The molecule has 0 radical (unpaired) electrons. The zero-order valence-corrected chi connectivity index (χ0v) is 8.60. The highest BCUT2D eigenvalue weighted by molar-refractivity contribution is 5.78. The predicted octanol–water partition coefficient (Wildman–Crippen LogP) is 0.620. The number of nitrogens with zero attached hydrogens (tertiary/aromatic N) is 1. The van der Waals surface area contributed by atoms with Gasteiger partial charge in [-0.3, -0.25) is 0 Å². The minimum absolute atomic E-state index is 0.210. The SMILES string of the molecule is CCOC1(C(=O)O)CCN(C(=O)O)CC1. The van der Waals surface area contributed by atoms with Crippen molar-refractivity contribution in [3.05, 3.63) is 0 Å². The van der Waals surface area contributed by atoms with Crippen LogP contribution >= 0.6 is 0 Å². The Morgan fingerprint density at radius 2 is 1.87 bits per heavy atom. The number of rotatable bonds is 3. The zero-order valence-electron chi connectivity index (χ0n) is 8.60. The van der Waals surface area contributed by atoms with E-state index in [0.29, 0.717) is 6.61 Å². The number of carboxylic acids is 1. The van der Waals surface area contributed by atoms with Crippen molar-refractivity contribution in [1.29, 1.82) is 0 Å². The summed E-state index contributed by atoms with van der Waals surface area (Å²) in [6.07, 6.45) is -0.587. The second-order valence-corrected chi connectivity index (χ2v) is 3.50. The molecule has 1 fully saturated rings. The third-order valence-electron chi connectivity index (χ3n) is 2.65. The van der Waals surface area contributed by atoms with Gasteiger partial charge in [0, 0.05) is 32.5 Å². The molecule has 0 aromatic carbocycles. The molecular weight excluding hydrogens is 202 g/mol. The predicted molar refractivity (Wildman–Crippen MR) is 50.8 cm³/mol. The van der Waals surface area contributed by atoms with E-state index in [4.69, 9.17) is 14.9 Å². The maximum Gasteiger partial charge on any atom is 0.407 e. The van der Waals surface area contributed by atoms with Crippen molar-refractivity contribution in [2.24, 2.45) is 0 Å². The van der Waals surface area contributed by atoms with E-state index in [0.717, 1.165) is 0 Å². The summed E-state index contributed by atoms with van der Waals surface area (Å²) in [5.41, 5.74) is -1.19. The summed E-state index contributed by atoms with van der Waals surface area (Å²) in [6, 6.07) is 0. The molecule has 0 aliphatic carbocycles. The molecule has 1 amide bonds. The van der Waals surface area contributed by atoms with Crippen molar-refractivity contribution in [3.8, 4) is 0 Å². The van der Waals surface area contributed by atoms with Crippen molar-refractivity contribution in [2.45, 2.75) is 25.4 Å². The van der Waals surface area contributed by atoms with Crippen LogP contribution in [0.1, 0.15) is 19.8 Å². The lowest BCUT2D eigenvalue weighted by Crippen LogP contribution is -2.52. The molecule has 6 heteroatoms. The number of ether oxygens (including phenoxy) is 1. The second kappa shape index (κ2) is 4.48. The van der Waals surface area contributed by atoms with Crippen molar-refractivity contribution < 1.29 is 24.5 Å². The molecule has 0 spiro atoms. The van der Waals surface area contributed by atoms with E-state index < -0.39 is 17.7 Å². The Balaban J connectivity index is 2.65. The number of amides is 1. The van der Waals surface area contributed by atoms with Gasteiger partial charge in [-0.1, -0.05) is 0 Å².